The van der Waals surface area contributed by atoms with Crippen LogP contribution >= 0.6 is 0 Å². The monoisotopic (exact) mass is 218 g/mol. The number of aliphatic hydroxyl groups is 1. The van der Waals surface area contributed by atoms with Crippen LogP contribution in [0.5, 0.6) is 0 Å². The van der Waals surface area contributed by atoms with Crippen molar-refractivity contribution in [1.82, 2.24) is 19.3 Å². The summed E-state index contributed by atoms with van der Waals surface area (Å²) in [5.41, 5.74) is 1.51. The van der Waals surface area contributed by atoms with E-state index >= 15 is 0 Å². The van der Waals surface area contributed by atoms with Crippen molar-refractivity contribution >= 4 is 0 Å². The summed E-state index contributed by atoms with van der Waals surface area (Å²) in [6.07, 6.45) is 7.02. The number of aliphatic hydroxyl groups excluding tert-OH is 1. The van der Waals surface area contributed by atoms with Gasteiger partial charge in [0, 0.05) is 19.3 Å². The maximum atomic E-state index is 10.2. The Morgan fingerprint density at radius 3 is 2.94 bits per heavy atom. The highest BCUT2D eigenvalue weighted by Crippen LogP contribution is 2.37. The summed E-state index contributed by atoms with van der Waals surface area (Å²) in [5, 5.41) is 14.4. The largest absolute Gasteiger partial charge is 0.380 e. The Kier molecular flexibility index (Phi) is 2.07. The number of rotatable bonds is 3. The average Bonchev–Trinajstić information content (AvgIpc) is 2.85. The van der Waals surface area contributed by atoms with Crippen LogP contribution in [0.4, 0.5) is 0 Å². The van der Waals surface area contributed by atoms with Crippen molar-refractivity contribution in [2.75, 3.05) is 0 Å². The first-order valence-corrected chi connectivity index (χ1v) is 5.45. The fraction of sp³-hybridized carbons (Fsp3) is 0.455. The van der Waals surface area contributed by atoms with E-state index in [0.29, 0.717) is 11.7 Å². The van der Waals surface area contributed by atoms with Gasteiger partial charge in [-0.15, -0.1) is 0 Å². The van der Waals surface area contributed by atoms with E-state index in [9.17, 15) is 5.11 Å². The number of nitrogens with zero attached hydrogens (tertiary/aromatic N) is 4. The maximum absolute atomic E-state index is 10.2. The standard InChI is InChI=1S/C11H14N4O/c1-14-5-4-9(13-14)11(16)10-6-12-7-15(10)8-2-3-8/h4-8,11,16H,2-3H2,1H3. The van der Waals surface area contributed by atoms with E-state index in [2.05, 4.69) is 14.6 Å². The molecule has 1 unspecified atom stereocenters. The molecule has 1 aliphatic rings. The maximum Gasteiger partial charge on any atom is 0.139 e. The molecule has 1 fully saturated rings. The number of hydrogen-bond donors (Lipinski definition) is 1. The van der Waals surface area contributed by atoms with Crippen LogP contribution in [-0.4, -0.2) is 24.4 Å². The first-order chi connectivity index (χ1) is 7.75. The first kappa shape index (κ1) is 9.59. The summed E-state index contributed by atoms with van der Waals surface area (Å²) in [5.74, 6) is 0. The quantitative estimate of drug-likeness (QED) is 0.837. The topological polar surface area (TPSA) is 55.9 Å². The molecule has 0 radical (unpaired) electrons. The molecule has 3 rings (SSSR count). The van der Waals surface area contributed by atoms with Crippen molar-refractivity contribution in [3.8, 4) is 0 Å². The van der Waals surface area contributed by atoms with Crippen LogP contribution in [0.25, 0.3) is 0 Å². The van der Waals surface area contributed by atoms with Gasteiger partial charge in [0.2, 0.25) is 0 Å². The zero-order valence-electron chi connectivity index (χ0n) is 9.11. The molecule has 0 amide bonds. The van der Waals surface area contributed by atoms with Crippen molar-refractivity contribution in [3.05, 3.63) is 36.2 Å². The Bertz CT molecular complexity index is 498. The molecule has 1 N–H and O–H groups in total. The minimum Gasteiger partial charge on any atom is -0.380 e. The summed E-state index contributed by atoms with van der Waals surface area (Å²) >= 11 is 0. The average molecular weight is 218 g/mol. The van der Waals surface area contributed by atoms with Gasteiger partial charge in [-0.2, -0.15) is 5.10 Å². The summed E-state index contributed by atoms with van der Waals surface area (Å²) in [7, 11) is 1.84. The van der Waals surface area contributed by atoms with E-state index in [1.54, 1.807) is 17.2 Å². The highest BCUT2D eigenvalue weighted by molar-refractivity contribution is 5.18. The van der Waals surface area contributed by atoms with E-state index in [4.69, 9.17) is 0 Å². The zero-order chi connectivity index (χ0) is 11.1. The predicted octanol–water partition coefficient (Wildman–Crippen LogP) is 1.03. The molecule has 0 bridgehead atoms. The van der Waals surface area contributed by atoms with Gasteiger partial charge in [0.25, 0.3) is 0 Å². The molecule has 2 aromatic rings. The molecule has 5 nitrogen and oxygen atoms in total. The van der Waals surface area contributed by atoms with Crippen molar-refractivity contribution in [3.63, 3.8) is 0 Å². The summed E-state index contributed by atoms with van der Waals surface area (Å²) in [6, 6.07) is 2.35. The molecule has 5 heteroatoms. The van der Waals surface area contributed by atoms with Crippen molar-refractivity contribution in [1.29, 1.82) is 0 Å². The minimum absolute atomic E-state index is 0.524. The van der Waals surface area contributed by atoms with E-state index in [1.165, 1.54) is 12.8 Å². The van der Waals surface area contributed by atoms with Crippen LogP contribution < -0.4 is 0 Å². The lowest BCUT2D eigenvalue weighted by Gasteiger charge is -2.10. The fourth-order valence-electron chi connectivity index (χ4n) is 1.91. The van der Waals surface area contributed by atoms with Crippen LogP contribution in [0.1, 0.15) is 36.4 Å². The number of aryl methyl sites for hydroxylation is 1. The minimum atomic E-state index is -0.677. The lowest BCUT2D eigenvalue weighted by molar-refractivity contribution is 0.204. The van der Waals surface area contributed by atoms with Gasteiger partial charge in [-0.25, -0.2) is 4.98 Å². The second-order valence-electron chi connectivity index (χ2n) is 4.27. The molecule has 1 atom stereocenters. The fourth-order valence-corrected chi connectivity index (χ4v) is 1.91. The molecule has 1 saturated carbocycles. The van der Waals surface area contributed by atoms with Crippen LogP contribution in [0.3, 0.4) is 0 Å². The zero-order valence-corrected chi connectivity index (χ0v) is 9.11. The summed E-state index contributed by atoms with van der Waals surface area (Å²) in [6.45, 7) is 0. The van der Waals surface area contributed by atoms with Crippen LogP contribution in [0, 0.1) is 0 Å². The van der Waals surface area contributed by atoms with Gasteiger partial charge in [-0.05, 0) is 18.9 Å². The number of aromatic nitrogens is 4. The molecule has 0 aromatic carbocycles. The molecular weight excluding hydrogens is 204 g/mol. The van der Waals surface area contributed by atoms with Gasteiger partial charge in [0.1, 0.15) is 6.10 Å². The Morgan fingerprint density at radius 1 is 1.50 bits per heavy atom. The molecule has 0 aliphatic heterocycles. The van der Waals surface area contributed by atoms with Crippen LogP contribution in [0.2, 0.25) is 0 Å². The smallest absolute Gasteiger partial charge is 0.139 e. The number of imidazole rings is 1. The van der Waals surface area contributed by atoms with Crippen molar-refractivity contribution in [2.24, 2.45) is 7.05 Å². The van der Waals surface area contributed by atoms with Gasteiger partial charge in [0.05, 0.1) is 23.9 Å². The van der Waals surface area contributed by atoms with Gasteiger partial charge in [-0.1, -0.05) is 0 Å². The molecule has 2 aromatic heterocycles. The van der Waals surface area contributed by atoms with Crippen molar-refractivity contribution in [2.45, 2.75) is 25.0 Å². The van der Waals surface area contributed by atoms with Gasteiger partial charge in [0.15, 0.2) is 0 Å². The SMILES string of the molecule is Cn1ccc(C(O)c2cncn2C2CC2)n1. The molecule has 16 heavy (non-hydrogen) atoms. The van der Waals surface area contributed by atoms with Crippen LogP contribution in [-0.2, 0) is 7.05 Å². The van der Waals surface area contributed by atoms with E-state index in [1.807, 2.05) is 19.3 Å². The molecule has 84 valence electrons. The molecule has 2 heterocycles. The Balaban J connectivity index is 1.93. The Labute approximate surface area is 93.3 Å². The lowest BCUT2D eigenvalue weighted by atomic mass is 10.2. The second-order valence-corrected chi connectivity index (χ2v) is 4.27. The normalized spacial score (nSPS) is 17.6. The lowest BCUT2D eigenvalue weighted by Crippen LogP contribution is -2.08. The first-order valence-electron chi connectivity index (χ1n) is 5.45. The highest BCUT2D eigenvalue weighted by atomic mass is 16.3. The Morgan fingerprint density at radius 2 is 2.31 bits per heavy atom. The molecule has 0 saturated heterocycles. The van der Waals surface area contributed by atoms with Gasteiger partial charge < -0.3 is 9.67 Å². The summed E-state index contributed by atoms with van der Waals surface area (Å²) in [4.78, 5) is 4.11. The summed E-state index contributed by atoms with van der Waals surface area (Å²) < 4.78 is 3.75. The third-order valence-corrected chi connectivity index (χ3v) is 2.93. The third-order valence-electron chi connectivity index (χ3n) is 2.93. The van der Waals surface area contributed by atoms with Gasteiger partial charge in [-0.3, -0.25) is 4.68 Å². The van der Waals surface area contributed by atoms with Gasteiger partial charge >= 0.3 is 0 Å². The molecule has 0 spiro atoms. The third kappa shape index (κ3) is 1.53. The molecule has 1 aliphatic carbocycles. The van der Waals surface area contributed by atoms with Crippen LogP contribution in [0.15, 0.2) is 24.8 Å². The highest BCUT2D eigenvalue weighted by Gasteiger charge is 2.28. The number of hydrogen-bond acceptors (Lipinski definition) is 3. The van der Waals surface area contributed by atoms with E-state index in [-0.39, 0.29) is 0 Å². The predicted molar refractivity (Wildman–Crippen MR) is 57.8 cm³/mol. The van der Waals surface area contributed by atoms with Crippen molar-refractivity contribution < 1.29 is 5.11 Å². The second kappa shape index (κ2) is 3.45. The van der Waals surface area contributed by atoms with E-state index < -0.39 is 6.10 Å². The van der Waals surface area contributed by atoms with E-state index in [0.717, 1.165) is 5.69 Å². The Hall–Kier alpha value is -1.62. The molecular formula is C11H14N4O.